The molecule has 0 radical (unpaired) electrons. The first-order chi connectivity index (χ1) is 5.98. The summed E-state index contributed by atoms with van der Waals surface area (Å²) in [6.45, 7) is 5.99. The van der Waals surface area contributed by atoms with Gasteiger partial charge in [0.2, 0.25) is 5.91 Å². The van der Waals surface area contributed by atoms with E-state index < -0.39 is 21.4 Å². The van der Waals surface area contributed by atoms with E-state index in [-0.39, 0.29) is 41.5 Å². The fourth-order valence-corrected chi connectivity index (χ4v) is 2.52. The third-order valence-electron chi connectivity index (χ3n) is 1.65. The molecule has 0 bridgehead atoms. The second-order valence-corrected chi connectivity index (χ2v) is 5.40. The van der Waals surface area contributed by atoms with Crippen LogP contribution in [0, 0.1) is 5.41 Å². The summed E-state index contributed by atoms with van der Waals surface area (Å²) in [4.78, 5) is 10.5. The maximum Gasteiger partial charge on any atom is 1.00 e. The Morgan fingerprint density at radius 1 is 1.33 bits per heavy atom. The Labute approximate surface area is 114 Å². The van der Waals surface area contributed by atoms with E-state index in [2.05, 4.69) is 0 Å². The molecule has 15 heavy (non-hydrogen) atoms. The zero-order valence-corrected chi connectivity index (χ0v) is 12.5. The number of allylic oxidation sites excluding steroid dienone is 1. The van der Waals surface area contributed by atoms with Crippen LogP contribution >= 0.6 is 0 Å². The van der Waals surface area contributed by atoms with Crippen molar-refractivity contribution in [2.24, 2.45) is 11.1 Å². The SMILES string of the molecule is CC(C(N)=O)=C(C(C)(C)C)S(=O)(=O)O.[H-].[Na+]. The van der Waals surface area contributed by atoms with Crippen LogP contribution in [0.1, 0.15) is 29.1 Å². The molecule has 0 saturated heterocycles. The number of carbonyl (C=O) groups is 1. The molecule has 84 valence electrons. The summed E-state index contributed by atoms with van der Waals surface area (Å²) in [5.41, 5.74) is 3.96. The molecule has 5 nitrogen and oxygen atoms in total. The summed E-state index contributed by atoms with van der Waals surface area (Å²) >= 11 is 0. The zero-order valence-electron chi connectivity index (χ0n) is 10.7. The number of carbonyl (C=O) groups excluding carboxylic acids is 1. The largest absolute Gasteiger partial charge is 1.00 e. The molecule has 1 amide bonds. The van der Waals surface area contributed by atoms with Crippen molar-refractivity contribution in [2.75, 3.05) is 0 Å². The maximum atomic E-state index is 11.0. The monoisotopic (exact) mass is 245 g/mol. The summed E-state index contributed by atoms with van der Waals surface area (Å²) in [6.07, 6.45) is 0. The molecule has 0 rings (SSSR count). The molecule has 0 aliphatic heterocycles. The van der Waals surface area contributed by atoms with E-state index in [4.69, 9.17) is 10.3 Å². The minimum absolute atomic E-state index is 0. The van der Waals surface area contributed by atoms with Crippen LogP contribution in [-0.4, -0.2) is 18.9 Å². The van der Waals surface area contributed by atoms with Crippen LogP contribution in [0.2, 0.25) is 0 Å². The predicted octanol–water partition coefficient (Wildman–Crippen LogP) is -2.20. The summed E-state index contributed by atoms with van der Waals surface area (Å²) in [7, 11) is -4.39. The van der Waals surface area contributed by atoms with Gasteiger partial charge in [-0.2, -0.15) is 8.42 Å². The first-order valence-electron chi connectivity index (χ1n) is 3.96. The number of hydrogen-bond donors (Lipinski definition) is 2. The molecule has 0 heterocycles. The van der Waals surface area contributed by atoms with Crippen LogP contribution in [0.4, 0.5) is 0 Å². The van der Waals surface area contributed by atoms with Gasteiger partial charge in [0.25, 0.3) is 10.1 Å². The summed E-state index contributed by atoms with van der Waals surface area (Å²) < 4.78 is 31.0. The average molecular weight is 245 g/mol. The Bertz CT molecular complexity index is 383. The minimum Gasteiger partial charge on any atom is -1.00 e. The number of hydrogen-bond acceptors (Lipinski definition) is 3. The summed E-state index contributed by atoms with van der Waals surface area (Å²) in [6, 6.07) is 0. The van der Waals surface area contributed by atoms with E-state index in [0.717, 1.165) is 0 Å². The van der Waals surface area contributed by atoms with Gasteiger partial charge < -0.3 is 7.16 Å². The fraction of sp³-hybridized carbons (Fsp3) is 0.625. The van der Waals surface area contributed by atoms with Crippen molar-refractivity contribution in [3.63, 3.8) is 0 Å². The summed E-state index contributed by atoms with van der Waals surface area (Å²) in [5, 5.41) is 0. The van der Waals surface area contributed by atoms with E-state index in [1.165, 1.54) is 6.92 Å². The fourth-order valence-electron chi connectivity index (χ4n) is 1.25. The van der Waals surface area contributed by atoms with Crippen LogP contribution in [0.25, 0.3) is 0 Å². The molecular formula is C8H16NNaO4S. The zero-order chi connectivity index (χ0) is 11.7. The Balaban J connectivity index is -0.000000845. The van der Waals surface area contributed by atoms with Gasteiger partial charge in [-0.1, -0.05) is 20.8 Å². The van der Waals surface area contributed by atoms with Gasteiger partial charge in [0.1, 0.15) is 0 Å². The molecule has 0 aromatic rings. The molecule has 3 N–H and O–H groups in total. The van der Waals surface area contributed by atoms with E-state index in [0.29, 0.717) is 0 Å². The van der Waals surface area contributed by atoms with Gasteiger partial charge in [-0.15, -0.1) is 0 Å². The molecule has 7 heteroatoms. The first-order valence-corrected chi connectivity index (χ1v) is 5.40. The quantitative estimate of drug-likeness (QED) is 0.327. The minimum atomic E-state index is -4.39. The van der Waals surface area contributed by atoms with E-state index in [1.807, 2.05) is 0 Å². The van der Waals surface area contributed by atoms with Crippen molar-refractivity contribution in [3.05, 3.63) is 10.5 Å². The van der Waals surface area contributed by atoms with Crippen molar-refractivity contribution in [3.8, 4) is 0 Å². The predicted molar refractivity (Wildman–Crippen MR) is 54.0 cm³/mol. The van der Waals surface area contributed by atoms with Crippen LogP contribution in [0.5, 0.6) is 0 Å². The molecule has 0 aromatic carbocycles. The first kappa shape index (κ1) is 17.5. The Kier molecular flexibility index (Phi) is 6.36. The molecule has 0 spiro atoms. The molecule has 0 atom stereocenters. The molecule has 0 unspecified atom stereocenters. The van der Waals surface area contributed by atoms with Gasteiger partial charge in [-0.25, -0.2) is 0 Å². The molecule has 0 aliphatic rings. The Morgan fingerprint density at radius 2 is 1.67 bits per heavy atom. The number of nitrogens with two attached hydrogens (primary N) is 1. The van der Waals surface area contributed by atoms with Gasteiger partial charge in [-0.3, -0.25) is 9.35 Å². The van der Waals surface area contributed by atoms with E-state index >= 15 is 0 Å². The Morgan fingerprint density at radius 3 is 1.73 bits per heavy atom. The van der Waals surface area contributed by atoms with Crippen LogP contribution in [0.15, 0.2) is 10.5 Å². The molecule has 0 fully saturated rings. The van der Waals surface area contributed by atoms with Gasteiger partial charge in [0, 0.05) is 11.0 Å². The van der Waals surface area contributed by atoms with Crippen molar-refractivity contribution >= 4 is 16.0 Å². The van der Waals surface area contributed by atoms with Crippen LogP contribution < -0.4 is 35.3 Å². The van der Waals surface area contributed by atoms with Crippen molar-refractivity contribution in [1.82, 2.24) is 0 Å². The normalized spacial score (nSPS) is 13.9. The second kappa shape index (κ2) is 5.45. The van der Waals surface area contributed by atoms with Gasteiger partial charge in [0.05, 0.1) is 4.91 Å². The van der Waals surface area contributed by atoms with Gasteiger partial charge >= 0.3 is 29.6 Å². The summed E-state index contributed by atoms with van der Waals surface area (Å²) in [5.74, 6) is -0.854. The maximum absolute atomic E-state index is 11.0. The number of amides is 1. The topological polar surface area (TPSA) is 97.5 Å². The number of primary amides is 1. The molecule has 0 aromatic heterocycles. The van der Waals surface area contributed by atoms with Gasteiger partial charge in [0.15, 0.2) is 0 Å². The third kappa shape index (κ3) is 5.12. The smallest absolute Gasteiger partial charge is 1.00 e. The Hall–Kier alpha value is 0.120. The molecule has 0 aliphatic carbocycles. The standard InChI is InChI=1S/C8H15NO4S.Na.H/c1-5(7(9)10)6(8(2,3)4)14(11,12)13;;/h1-4H3,(H2,9,10)(H,11,12,13);;/q;+1;-1. The van der Waals surface area contributed by atoms with E-state index in [9.17, 15) is 13.2 Å². The van der Waals surface area contributed by atoms with E-state index in [1.54, 1.807) is 20.8 Å². The second-order valence-electron chi connectivity index (χ2n) is 4.04. The number of rotatable bonds is 2. The van der Waals surface area contributed by atoms with Crippen LogP contribution in [-0.2, 0) is 14.9 Å². The van der Waals surface area contributed by atoms with Crippen molar-refractivity contribution in [2.45, 2.75) is 27.7 Å². The van der Waals surface area contributed by atoms with Crippen LogP contribution in [0.3, 0.4) is 0 Å². The van der Waals surface area contributed by atoms with Gasteiger partial charge in [-0.05, 0) is 6.92 Å². The molecular weight excluding hydrogens is 229 g/mol. The average Bonchev–Trinajstić information content (AvgIpc) is 1.79. The van der Waals surface area contributed by atoms with Crippen molar-refractivity contribution in [1.29, 1.82) is 0 Å². The van der Waals surface area contributed by atoms with Crippen molar-refractivity contribution < 1.29 is 48.7 Å². The third-order valence-corrected chi connectivity index (χ3v) is 3.08. The molecule has 0 saturated carbocycles.